The van der Waals surface area contributed by atoms with Crippen molar-refractivity contribution in [3.8, 4) is 0 Å². The normalized spacial score (nSPS) is 33.0. The predicted octanol–water partition coefficient (Wildman–Crippen LogP) is 1.76. The standard InChI is InChI=1S/C22H20N2O7/c1-10(22(28)31-9-17(25)11-3-2-4-12(7-11)24(29)30)23-20(26)18-13-5-6-14(16-8-15(13)16)19(18)21(23)27/h2-7,10,13-16,18-19H,8-9H2,1H3/t10-,13+,14+,15+,16+,18-,19-/m1/s1. The SMILES string of the molecule is C[C@H](C(=O)OCC(=O)c1cccc([N+](=O)[O-])c1)N1C(=O)[C@@H]2[C@H]3C=C[C@@H]([C@@H]4C[C@@H]34)[C@H]2C1=O. The van der Waals surface area contributed by atoms with E-state index in [0.29, 0.717) is 11.8 Å². The Hall–Kier alpha value is -3.36. The Morgan fingerprint density at radius 2 is 1.77 bits per heavy atom. The number of allylic oxidation sites excluding steroid dienone is 2. The number of rotatable bonds is 6. The summed E-state index contributed by atoms with van der Waals surface area (Å²) >= 11 is 0. The van der Waals surface area contributed by atoms with Gasteiger partial charge >= 0.3 is 5.97 Å². The molecule has 4 aliphatic carbocycles. The minimum absolute atomic E-state index is 0.0378. The highest BCUT2D eigenvalue weighted by Gasteiger charge is 2.67. The highest BCUT2D eigenvalue weighted by atomic mass is 16.6. The quantitative estimate of drug-likeness (QED) is 0.170. The summed E-state index contributed by atoms with van der Waals surface area (Å²) in [5, 5.41) is 10.9. The molecule has 3 fully saturated rings. The summed E-state index contributed by atoms with van der Waals surface area (Å²) in [6, 6.07) is 3.97. The van der Waals surface area contributed by atoms with E-state index in [2.05, 4.69) is 12.2 Å². The lowest BCUT2D eigenvalue weighted by atomic mass is 9.63. The number of carbonyl (C=O) groups is 4. The van der Waals surface area contributed by atoms with E-state index < -0.39 is 41.2 Å². The number of non-ortho nitro benzene ring substituents is 1. The van der Waals surface area contributed by atoms with Crippen LogP contribution in [-0.4, -0.2) is 46.0 Å². The molecule has 0 N–H and O–H groups in total. The number of hydrogen-bond acceptors (Lipinski definition) is 7. The van der Waals surface area contributed by atoms with E-state index in [1.165, 1.54) is 25.1 Å². The summed E-state index contributed by atoms with van der Waals surface area (Å²) in [5.41, 5.74) is -0.210. The second kappa shape index (κ2) is 6.83. The highest BCUT2D eigenvalue weighted by molar-refractivity contribution is 6.09. The monoisotopic (exact) mass is 424 g/mol. The van der Waals surface area contributed by atoms with E-state index in [9.17, 15) is 29.3 Å². The molecular weight excluding hydrogens is 404 g/mol. The maximum atomic E-state index is 13.0. The summed E-state index contributed by atoms with van der Waals surface area (Å²) in [5.74, 6) is -1.93. The molecule has 5 aliphatic rings. The first-order valence-electron chi connectivity index (χ1n) is 10.3. The largest absolute Gasteiger partial charge is 0.456 e. The van der Waals surface area contributed by atoms with Crippen LogP contribution in [0.5, 0.6) is 0 Å². The van der Waals surface area contributed by atoms with Crippen molar-refractivity contribution in [2.45, 2.75) is 19.4 Å². The maximum Gasteiger partial charge on any atom is 0.329 e. The Morgan fingerprint density at radius 1 is 1.16 bits per heavy atom. The Labute approximate surface area is 177 Å². The zero-order valence-corrected chi connectivity index (χ0v) is 16.7. The van der Waals surface area contributed by atoms with E-state index in [0.717, 1.165) is 17.4 Å². The molecule has 1 heterocycles. The number of nitro benzene ring substituents is 1. The molecule has 0 spiro atoms. The van der Waals surface area contributed by atoms with Crippen LogP contribution in [0.15, 0.2) is 36.4 Å². The Bertz CT molecular complexity index is 1030. The first kappa shape index (κ1) is 19.6. The molecule has 9 heteroatoms. The third-order valence-electron chi connectivity index (χ3n) is 7.15. The number of imide groups is 1. The van der Waals surface area contributed by atoms with Crippen molar-refractivity contribution in [1.29, 1.82) is 0 Å². The van der Waals surface area contributed by atoms with Crippen molar-refractivity contribution in [1.82, 2.24) is 4.90 Å². The number of hydrogen-bond donors (Lipinski definition) is 0. The van der Waals surface area contributed by atoms with Gasteiger partial charge in [0, 0.05) is 17.7 Å². The lowest BCUT2D eigenvalue weighted by molar-refractivity contribution is -0.384. The fraction of sp³-hybridized carbons (Fsp3) is 0.455. The van der Waals surface area contributed by atoms with Crippen molar-refractivity contribution in [3.63, 3.8) is 0 Å². The number of Topliss-reactive ketones (excluding diaryl/α,β-unsaturated/α-hetero) is 1. The highest BCUT2D eigenvalue weighted by Crippen LogP contribution is 2.65. The van der Waals surface area contributed by atoms with E-state index in [-0.39, 0.29) is 34.9 Å². The zero-order chi connectivity index (χ0) is 22.0. The van der Waals surface area contributed by atoms with Crippen LogP contribution in [0, 0.1) is 45.6 Å². The summed E-state index contributed by atoms with van der Waals surface area (Å²) in [4.78, 5) is 62.2. The molecule has 7 atom stereocenters. The molecule has 1 aliphatic heterocycles. The topological polar surface area (TPSA) is 124 Å². The fourth-order valence-corrected chi connectivity index (χ4v) is 5.60. The molecule has 9 nitrogen and oxygen atoms in total. The van der Waals surface area contributed by atoms with Crippen LogP contribution < -0.4 is 0 Å². The molecule has 31 heavy (non-hydrogen) atoms. The van der Waals surface area contributed by atoms with Crippen LogP contribution in [0.1, 0.15) is 23.7 Å². The Balaban J connectivity index is 1.25. The summed E-state index contributed by atoms with van der Waals surface area (Å²) < 4.78 is 5.06. The Morgan fingerprint density at radius 3 is 2.35 bits per heavy atom. The second-order valence-corrected chi connectivity index (χ2v) is 8.72. The van der Waals surface area contributed by atoms with E-state index in [1.54, 1.807) is 0 Å². The number of nitro groups is 1. The number of benzene rings is 1. The second-order valence-electron chi connectivity index (χ2n) is 8.72. The molecule has 2 amide bonds. The first-order valence-corrected chi connectivity index (χ1v) is 10.3. The molecule has 6 rings (SSSR count). The number of esters is 1. The fourth-order valence-electron chi connectivity index (χ4n) is 5.60. The van der Waals surface area contributed by atoms with Crippen LogP contribution in [0.4, 0.5) is 5.69 Å². The van der Waals surface area contributed by atoms with Crippen molar-refractivity contribution in [3.05, 3.63) is 52.1 Å². The molecule has 1 aromatic rings. The lowest BCUT2D eigenvalue weighted by Crippen LogP contribution is -2.45. The van der Waals surface area contributed by atoms with Gasteiger partial charge in [0.25, 0.3) is 5.69 Å². The Kier molecular flexibility index (Phi) is 4.32. The molecule has 2 saturated carbocycles. The van der Waals surface area contributed by atoms with Crippen LogP contribution in [0.25, 0.3) is 0 Å². The van der Waals surface area contributed by atoms with Gasteiger partial charge in [-0.1, -0.05) is 24.3 Å². The number of ether oxygens (including phenoxy) is 1. The minimum Gasteiger partial charge on any atom is -0.456 e. The van der Waals surface area contributed by atoms with Gasteiger partial charge in [-0.25, -0.2) is 4.79 Å². The van der Waals surface area contributed by atoms with E-state index >= 15 is 0 Å². The molecule has 1 aromatic carbocycles. The average molecular weight is 424 g/mol. The third kappa shape index (κ3) is 2.90. The van der Waals surface area contributed by atoms with Gasteiger partial charge in [-0.2, -0.15) is 0 Å². The summed E-state index contributed by atoms with van der Waals surface area (Å²) in [7, 11) is 0. The predicted molar refractivity (Wildman–Crippen MR) is 104 cm³/mol. The van der Waals surface area contributed by atoms with Crippen LogP contribution in [0.2, 0.25) is 0 Å². The molecule has 0 aromatic heterocycles. The molecule has 0 radical (unpaired) electrons. The van der Waals surface area contributed by atoms with E-state index in [4.69, 9.17) is 4.74 Å². The van der Waals surface area contributed by atoms with E-state index in [1.807, 2.05) is 0 Å². The number of amides is 2. The van der Waals surface area contributed by atoms with Crippen LogP contribution in [-0.2, 0) is 19.1 Å². The number of likely N-dealkylation sites (tertiary alicyclic amines) is 1. The smallest absolute Gasteiger partial charge is 0.329 e. The average Bonchev–Trinajstić information content (AvgIpc) is 3.55. The van der Waals surface area contributed by atoms with Gasteiger partial charge in [0.2, 0.25) is 17.6 Å². The molecule has 0 unspecified atom stereocenters. The molecule has 1 saturated heterocycles. The summed E-state index contributed by atoms with van der Waals surface area (Å²) in [6.45, 7) is 0.785. The van der Waals surface area contributed by atoms with Gasteiger partial charge in [0.1, 0.15) is 6.04 Å². The zero-order valence-electron chi connectivity index (χ0n) is 16.7. The van der Waals surface area contributed by atoms with Gasteiger partial charge < -0.3 is 4.74 Å². The number of ketones is 1. The third-order valence-corrected chi connectivity index (χ3v) is 7.15. The van der Waals surface area contributed by atoms with Gasteiger partial charge in [0.05, 0.1) is 16.8 Å². The minimum atomic E-state index is -1.14. The van der Waals surface area contributed by atoms with Gasteiger partial charge in [-0.3, -0.25) is 29.4 Å². The maximum absolute atomic E-state index is 13.0. The van der Waals surface area contributed by atoms with Gasteiger partial charge in [-0.15, -0.1) is 0 Å². The molecular formula is C22H20N2O7. The molecule has 160 valence electrons. The molecule has 2 bridgehead atoms. The first-order chi connectivity index (χ1) is 14.8. The van der Waals surface area contributed by atoms with Crippen molar-refractivity contribution >= 4 is 29.3 Å². The van der Waals surface area contributed by atoms with Crippen molar-refractivity contribution < 1.29 is 28.8 Å². The van der Waals surface area contributed by atoms with Gasteiger partial charge in [0.15, 0.2) is 6.61 Å². The lowest BCUT2D eigenvalue weighted by Gasteiger charge is -2.37. The van der Waals surface area contributed by atoms with Crippen LogP contribution >= 0.6 is 0 Å². The van der Waals surface area contributed by atoms with Crippen molar-refractivity contribution in [2.75, 3.05) is 6.61 Å². The van der Waals surface area contributed by atoms with Gasteiger partial charge in [-0.05, 0) is 37.0 Å². The number of carbonyl (C=O) groups excluding carboxylic acids is 4. The van der Waals surface area contributed by atoms with Crippen molar-refractivity contribution in [2.24, 2.45) is 35.5 Å². The van der Waals surface area contributed by atoms with Crippen LogP contribution in [0.3, 0.4) is 0 Å². The summed E-state index contributed by atoms with van der Waals surface area (Å²) in [6.07, 6.45) is 5.15. The number of nitrogens with zero attached hydrogens (tertiary/aromatic N) is 2.